The molecule has 1 heterocycles. The fraction of sp³-hybridized carbons (Fsp3) is 0.933. The molecule has 1 saturated heterocycles. The van der Waals surface area contributed by atoms with Crippen LogP contribution in [0.3, 0.4) is 0 Å². The molecule has 1 fully saturated rings. The molecule has 0 radical (unpaired) electrons. The summed E-state index contributed by atoms with van der Waals surface area (Å²) in [7, 11) is 0. The lowest BCUT2D eigenvalue weighted by Gasteiger charge is -2.31. The highest BCUT2D eigenvalue weighted by Gasteiger charge is 2.25. The van der Waals surface area contributed by atoms with E-state index >= 15 is 0 Å². The molecule has 4 nitrogen and oxygen atoms in total. The molecule has 0 amide bonds. The Labute approximate surface area is 117 Å². The third-order valence-electron chi connectivity index (χ3n) is 3.92. The molecule has 1 rings (SSSR count). The Morgan fingerprint density at radius 3 is 2.47 bits per heavy atom. The number of rotatable bonds is 6. The van der Waals surface area contributed by atoms with Crippen LogP contribution in [0.4, 0.5) is 0 Å². The van der Waals surface area contributed by atoms with Gasteiger partial charge in [0.2, 0.25) is 0 Å². The van der Waals surface area contributed by atoms with E-state index in [1.54, 1.807) is 0 Å². The minimum Gasteiger partial charge on any atom is -0.480 e. The van der Waals surface area contributed by atoms with Gasteiger partial charge >= 0.3 is 5.97 Å². The highest BCUT2D eigenvalue weighted by molar-refractivity contribution is 5.69. The summed E-state index contributed by atoms with van der Waals surface area (Å²) >= 11 is 0. The fourth-order valence-electron chi connectivity index (χ4n) is 2.97. The number of likely N-dealkylation sites (tertiary alicyclic amines) is 1. The molecule has 0 aromatic rings. The van der Waals surface area contributed by atoms with Gasteiger partial charge in [0, 0.05) is 18.6 Å². The summed E-state index contributed by atoms with van der Waals surface area (Å²) in [4.78, 5) is 15.7. The minimum absolute atomic E-state index is 0.185. The van der Waals surface area contributed by atoms with Crippen molar-refractivity contribution in [3.8, 4) is 0 Å². The first-order valence-electron chi connectivity index (χ1n) is 7.60. The summed E-state index contributed by atoms with van der Waals surface area (Å²) in [6, 6.07) is 1.03. The Morgan fingerprint density at radius 1 is 1.26 bits per heavy atom. The van der Waals surface area contributed by atoms with Gasteiger partial charge in [0.05, 0.1) is 6.54 Å². The van der Waals surface area contributed by atoms with Gasteiger partial charge in [-0.15, -0.1) is 0 Å². The Balaban J connectivity index is 2.60. The summed E-state index contributed by atoms with van der Waals surface area (Å²) in [5.74, 6) is -0.186. The first kappa shape index (κ1) is 16.4. The van der Waals surface area contributed by atoms with Crippen molar-refractivity contribution in [1.82, 2.24) is 9.80 Å². The quantitative estimate of drug-likeness (QED) is 0.804. The smallest absolute Gasteiger partial charge is 0.317 e. The van der Waals surface area contributed by atoms with Gasteiger partial charge in [-0.25, -0.2) is 0 Å². The summed E-state index contributed by atoms with van der Waals surface area (Å²) in [5.41, 5.74) is 0. The molecule has 1 aliphatic rings. The number of carboxylic acids is 1. The summed E-state index contributed by atoms with van der Waals surface area (Å²) < 4.78 is 0. The first-order chi connectivity index (χ1) is 8.90. The second kappa shape index (κ2) is 7.85. The number of aliphatic carboxylic acids is 1. The van der Waals surface area contributed by atoms with Crippen molar-refractivity contribution < 1.29 is 9.90 Å². The Kier molecular flexibility index (Phi) is 6.80. The zero-order chi connectivity index (χ0) is 14.4. The molecule has 1 unspecified atom stereocenters. The summed E-state index contributed by atoms with van der Waals surface area (Å²) in [5, 5.41) is 9.09. The standard InChI is InChI=1S/C15H30N2O2/c1-12(2)10-17(11-15(18)19)14-6-5-8-16(9-7-14)13(3)4/h12-14H,5-11H2,1-4H3,(H,18,19). The molecule has 1 atom stereocenters. The maximum Gasteiger partial charge on any atom is 0.317 e. The minimum atomic E-state index is -0.703. The highest BCUT2D eigenvalue weighted by atomic mass is 16.4. The number of carbonyl (C=O) groups is 1. The largest absolute Gasteiger partial charge is 0.480 e. The van der Waals surface area contributed by atoms with E-state index in [9.17, 15) is 4.79 Å². The molecule has 0 aromatic carbocycles. The van der Waals surface area contributed by atoms with Crippen molar-refractivity contribution in [2.45, 2.75) is 59.0 Å². The fourth-order valence-corrected chi connectivity index (χ4v) is 2.97. The van der Waals surface area contributed by atoms with E-state index in [1.807, 2.05) is 0 Å². The van der Waals surface area contributed by atoms with Crippen molar-refractivity contribution in [2.24, 2.45) is 5.92 Å². The van der Waals surface area contributed by atoms with E-state index in [2.05, 4.69) is 37.5 Å². The second-order valence-corrected chi connectivity index (χ2v) is 6.43. The summed E-state index contributed by atoms with van der Waals surface area (Å²) in [6.45, 7) is 12.1. The van der Waals surface area contributed by atoms with Crippen LogP contribution in [0.1, 0.15) is 47.0 Å². The van der Waals surface area contributed by atoms with E-state index in [0.717, 1.165) is 32.5 Å². The number of carboxylic acid groups (broad SMARTS) is 1. The molecule has 4 heteroatoms. The molecule has 1 aliphatic heterocycles. The molecule has 0 bridgehead atoms. The number of hydrogen-bond acceptors (Lipinski definition) is 3. The molecular weight excluding hydrogens is 240 g/mol. The van der Waals surface area contributed by atoms with Gasteiger partial charge in [-0.3, -0.25) is 9.69 Å². The molecule has 0 saturated carbocycles. The van der Waals surface area contributed by atoms with Gasteiger partial charge in [-0.05, 0) is 52.1 Å². The molecular formula is C15H30N2O2. The Morgan fingerprint density at radius 2 is 1.95 bits per heavy atom. The molecule has 1 N–H and O–H groups in total. The van der Waals surface area contributed by atoms with Crippen LogP contribution in [0.5, 0.6) is 0 Å². The summed E-state index contributed by atoms with van der Waals surface area (Å²) in [6.07, 6.45) is 3.40. The third kappa shape index (κ3) is 5.91. The zero-order valence-electron chi connectivity index (χ0n) is 12.9. The van der Waals surface area contributed by atoms with Crippen molar-refractivity contribution in [3.05, 3.63) is 0 Å². The number of hydrogen-bond donors (Lipinski definition) is 1. The van der Waals surface area contributed by atoms with Crippen LogP contribution in [0.25, 0.3) is 0 Å². The predicted molar refractivity (Wildman–Crippen MR) is 78.4 cm³/mol. The maximum atomic E-state index is 11.0. The maximum absolute atomic E-state index is 11.0. The number of nitrogens with zero attached hydrogens (tertiary/aromatic N) is 2. The lowest BCUT2D eigenvalue weighted by Crippen LogP contribution is -2.42. The van der Waals surface area contributed by atoms with Crippen LogP contribution in [-0.2, 0) is 4.79 Å². The normalized spacial score (nSPS) is 22.2. The van der Waals surface area contributed by atoms with Crippen LogP contribution in [0, 0.1) is 5.92 Å². The SMILES string of the molecule is CC(C)CN(CC(=O)O)C1CCCN(C(C)C)CC1. The monoisotopic (exact) mass is 270 g/mol. The Bertz CT molecular complexity index is 279. The lowest BCUT2D eigenvalue weighted by atomic mass is 10.1. The van der Waals surface area contributed by atoms with Crippen LogP contribution in [-0.4, -0.2) is 59.1 Å². The highest BCUT2D eigenvalue weighted by Crippen LogP contribution is 2.19. The van der Waals surface area contributed by atoms with Gasteiger partial charge < -0.3 is 10.0 Å². The second-order valence-electron chi connectivity index (χ2n) is 6.43. The van der Waals surface area contributed by atoms with Crippen molar-refractivity contribution >= 4 is 5.97 Å². The average Bonchev–Trinajstić information content (AvgIpc) is 2.52. The third-order valence-corrected chi connectivity index (χ3v) is 3.92. The van der Waals surface area contributed by atoms with Crippen LogP contribution < -0.4 is 0 Å². The molecule has 112 valence electrons. The van der Waals surface area contributed by atoms with E-state index in [-0.39, 0.29) is 6.54 Å². The van der Waals surface area contributed by atoms with Crippen LogP contribution in [0.15, 0.2) is 0 Å². The van der Waals surface area contributed by atoms with Gasteiger partial charge in [-0.2, -0.15) is 0 Å². The lowest BCUT2D eigenvalue weighted by molar-refractivity contribution is -0.139. The van der Waals surface area contributed by atoms with E-state index in [0.29, 0.717) is 18.0 Å². The van der Waals surface area contributed by atoms with Gasteiger partial charge in [0.25, 0.3) is 0 Å². The van der Waals surface area contributed by atoms with E-state index in [1.165, 1.54) is 6.42 Å². The average molecular weight is 270 g/mol. The molecule has 0 aromatic heterocycles. The van der Waals surface area contributed by atoms with Gasteiger partial charge in [0.1, 0.15) is 0 Å². The van der Waals surface area contributed by atoms with Crippen LogP contribution in [0.2, 0.25) is 0 Å². The Hall–Kier alpha value is -0.610. The van der Waals surface area contributed by atoms with Gasteiger partial charge in [0.15, 0.2) is 0 Å². The van der Waals surface area contributed by atoms with Crippen molar-refractivity contribution in [2.75, 3.05) is 26.2 Å². The first-order valence-corrected chi connectivity index (χ1v) is 7.60. The zero-order valence-corrected chi connectivity index (χ0v) is 12.9. The topological polar surface area (TPSA) is 43.8 Å². The molecule has 0 aliphatic carbocycles. The van der Waals surface area contributed by atoms with E-state index < -0.39 is 5.97 Å². The van der Waals surface area contributed by atoms with Crippen LogP contribution >= 0.6 is 0 Å². The van der Waals surface area contributed by atoms with Crippen molar-refractivity contribution in [3.63, 3.8) is 0 Å². The van der Waals surface area contributed by atoms with Gasteiger partial charge in [-0.1, -0.05) is 13.8 Å². The molecule has 19 heavy (non-hydrogen) atoms. The molecule has 0 spiro atoms. The van der Waals surface area contributed by atoms with Crippen molar-refractivity contribution in [1.29, 1.82) is 0 Å². The predicted octanol–water partition coefficient (Wildman–Crippen LogP) is 2.29. The van der Waals surface area contributed by atoms with E-state index in [4.69, 9.17) is 5.11 Å².